The third kappa shape index (κ3) is 4.17. The lowest BCUT2D eigenvalue weighted by molar-refractivity contribution is -0.124. The minimum Gasteiger partial charge on any atom is -0.376 e. The molecular formula is C17H21N5O3S2. The molecule has 1 N–H and O–H groups in total. The number of nitrogens with zero attached hydrogens (tertiary/aromatic N) is 4. The van der Waals surface area contributed by atoms with E-state index >= 15 is 0 Å². The quantitative estimate of drug-likeness (QED) is 0.410. The molecule has 1 atom stereocenters. The SMILES string of the molecule is O=C1CNC(=O)N1CCCSc1nnc(-c2cccs2)n1CC1CCCO1. The number of thioether (sulfide) groups is 1. The summed E-state index contributed by atoms with van der Waals surface area (Å²) in [5, 5.41) is 14.2. The zero-order valence-electron chi connectivity index (χ0n) is 14.8. The normalized spacial score (nSPS) is 19.9. The van der Waals surface area contributed by atoms with Crippen molar-refractivity contribution < 1.29 is 14.3 Å². The number of amides is 3. The van der Waals surface area contributed by atoms with Crippen molar-refractivity contribution in [2.24, 2.45) is 0 Å². The Morgan fingerprint density at radius 3 is 3.00 bits per heavy atom. The minimum absolute atomic E-state index is 0.103. The summed E-state index contributed by atoms with van der Waals surface area (Å²) in [4.78, 5) is 25.6. The van der Waals surface area contributed by atoms with Crippen molar-refractivity contribution in [3.8, 4) is 10.7 Å². The van der Waals surface area contributed by atoms with E-state index in [1.165, 1.54) is 4.90 Å². The highest BCUT2D eigenvalue weighted by atomic mass is 32.2. The lowest BCUT2D eigenvalue weighted by Crippen LogP contribution is -2.32. The van der Waals surface area contributed by atoms with Crippen molar-refractivity contribution in [3.63, 3.8) is 0 Å². The first-order valence-electron chi connectivity index (χ1n) is 9.02. The first-order valence-corrected chi connectivity index (χ1v) is 10.9. The second kappa shape index (κ2) is 8.41. The molecule has 4 rings (SSSR count). The fourth-order valence-electron chi connectivity index (χ4n) is 3.21. The van der Waals surface area contributed by atoms with E-state index in [4.69, 9.17) is 4.74 Å². The molecular weight excluding hydrogens is 386 g/mol. The molecule has 8 nitrogen and oxygen atoms in total. The van der Waals surface area contributed by atoms with E-state index in [9.17, 15) is 9.59 Å². The summed E-state index contributed by atoms with van der Waals surface area (Å²) >= 11 is 3.25. The lowest BCUT2D eigenvalue weighted by Gasteiger charge is -2.14. The number of urea groups is 1. The summed E-state index contributed by atoms with van der Waals surface area (Å²) in [5.41, 5.74) is 0. The highest BCUT2D eigenvalue weighted by Gasteiger charge is 2.27. The van der Waals surface area contributed by atoms with Crippen LogP contribution in [-0.2, 0) is 16.1 Å². The second-order valence-corrected chi connectivity index (χ2v) is 8.44. The molecule has 0 bridgehead atoms. The standard InChI is InChI=1S/C17H21N5O3S2/c23-14-10-18-16(24)21(14)6-3-9-27-17-20-19-15(13-5-2-8-26-13)22(17)11-12-4-1-7-25-12/h2,5,8,12H,1,3-4,6-7,9-11H2,(H,18,24). The Morgan fingerprint density at radius 2 is 2.30 bits per heavy atom. The van der Waals surface area contributed by atoms with Crippen LogP contribution in [0.3, 0.4) is 0 Å². The van der Waals surface area contributed by atoms with Crippen LogP contribution in [0.1, 0.15) is 19.3 Å². The fraction of sp³-hybridized carbons (Fsp3) is 0.529. The Bertz CT molecular complexity index is 786. The summed E-state index contributed by atoms with van der Waals surface area (Å²) < 4.78 is 7.94. The molecule has 0 aromatic carbocycles. The zero-order valence-corrected chi connectivity index (χ0v) is 16.4. The van der Waals surface area contributed by atoms with Gasteiger partial charge in [-0.05, 0) is 30.7 Å². The molecule has 10 heteroatoms. The molecule has 2 aliphatic heterocycles. The van der Waals surface area contributed by atoms with Crippen LogP contribution in [0.4, 0.5) is 4.79 Å². The average Bonchev–Trinajstić information content (AvgIpc) is 3.44. The van der Waals surface area contributed by atoms with Crippen LogP contribution in [0.2, 0.25) is 0 Å². The van der Waals surface area contributed by atoms with Crippen molar-refractivity contribution in [1.82, 2.24) is 25.0 Å². The molecule has 3 amide bonds. The van der Waals surface area contributed by atoms with Crippen LogP contribution >= 0.6 is 23.1 Å². The highest BCUT2D eigenvalue weighted by Crippen LogP contribution is 2.29. The van der Waals surface area contributed by atoms with Gasteiger partial charge in [-0.3, -0.25) is 14.3 Å². The predicted molar refractivity (Wildman–Crippen MR) is 103 cm³/mol. The van der Waals surface area contributed by atoms with E-state index in [1.54, 1.807) is 23.1 Å². The van der Waals surface area contributed by atoms with Gasteiger partial charge in [0, 0.05) is 18.9 Å². The molecule has 27 heavy (non-hydrogen) atoms. The van der Waals surface area contributed by atoms with Crippen molar-refractivity contribution in [2.45, 2.75) is 37.1 Å². The largest absolute Gasteiger partial charge is 0.376 e. The summed E-state index contributed by atoms with van der Waals surface area (Å²) in [6, 6.07) is 3.76. The number of hydrogen-bond donors (Lipinski definition) is 1. The van der Waals surface area contributed by atoms with Crippen LogP contribution in [0, 0.1) is 0 Å². The van der Waals surface area contributed by atoms with Crippen LogP contribution < -0.4 is 5.32 Å². The van der Waals surface area contributed by atoms with Gasteiger partial charge in [0.25, 0.3) is 0 Å². The predicted octanol–water partition coefficient (Wildman–Crippen LogP) is 2.22. The zero-order chi connectivity index (χ0) is 18.6. The van der Waals surface area contributed by atoms with Gasteiger partial charge in [-0.2, -0.15) is 0 Å². The molecule has 4 heterocycles. The van der Waals surface area contributed by atoms with E-state index in [-0.39, 0.29) is 24.6 Å². The Labute approximate surface area is 165 Å². The number of ether oxygens (including phenoxy) is 1. The molecule has 0 radical (unpaired) electrons. The maximum atomic E-state index is 11.6. The Balaban J connectivity index is 1.40. The Hall–Kier alpha value is -1.91. The van der Waals surface area contributed by atoms with Gasteiger partial charge in [-0.15, -0.1) is 21.5 Å². The molecule has 2 fully saturated rings. The first-order chi connectivity index (χ1) is 13.2. The average molecular weight is 408 g/mol. The maximum absolute atomic E-state index is 11.6. The van der Waals surface area contributed by atoms with E-state index < -0.39 is 0 Å². The molecule has 1 unspecified atom stereocenters. The summed E-state index contributed by atoms with van der Waals surface area (Å²) in [5.74, 6) is 1.47. The number of carbonyl (C=O) groups excluding carboxylic acids is 2. The number of imide groups is 1. The van der Waals surface area contributed by atoms with E-state index in [2.05, 4.69) is 20.1 Å². The van der Waals surface area contributed by atoms with Gasteiger partial charge in [0.1, 0.15) is 0 Å². The molecule has 2 aromatic heterocycles. The second-order valence-electron chi connectivity index (χ2n) is 6.44. The summed E-state index contributed by atoms with van der Waals surface area (Å²) in [6.07, 6.45) is 3.06. The number of hydrogen-bond acceptors (Lipinski definition) is 7. The Morgan fingerprint density at radius 1 is 1.37 bits per heavy atom. The first kappa shape index (κ1) is 18.5. The van der Waals surface area contributed by atoms with Gasteiger partial charge in [-0.25, -0.2) is 4.79 Å². The fourth-order valence-corrected chi connectivity index (χ4v) is 4.80. The molecule has 0 spiro atoms. The molecule has 2 aliphatic rings. The van der Waals surface area contributed by atoms with Gasteiger partial charge in [-0.1, -0.05) is 17.8 Å². The topological polar surface area (TPSA) is 89.4 Å². The van der Waals surface area contributed by atoms with Crippen molar-refractivity contribution in [2.75, 3.05) is 25.4 Å². The number of aromatic nitrogens is 3. The maximum Gasteiger partial charge on any atom is 0.324 e. The van der Waals surface area contributed by atoms with E-state index in [0.717, 1.165) is 47.6 Å². The third-order valence-corrected chi connectivity index (χ3v) is 6.48. The van der Waals surface area contributed by atoms with E-state index in [1.807, 2.05) is 17.5 Å². The van der Waals surface area contributed by atoms with Gasteiger partial charge < -0.3 is 10.1 Å². The monoisotopic (exact) mass is 407 g/mol. The summed E-state index contributed by atoms with van der Waals surface area (Å²) in [7, 11) is 0. The van der Waals surface area contributed by atoms with Crippen molar-refractivity contribution in [3.05, 3.63) is 17.5 Å². The third-order valence-electron chi connectivity index (χ3n) is 4.56. The van der Waals surface area contributed by atoms with Gasteiger partial charge in [0.05, 0.1) is 24.1 Å². The van der Waals surface area contributed by atoms with Gasteiger partial charge in [0.15, 0.2) is 11.0 Å². The van der Waals surface area contributed by atoms with Crippen LogP contribution in [0.15, 0.2) is 22.7 Å². The minimum atomic E-state index is -0.300. The number of carbonyl (C=O) groups is 2. The molecule has 0 aliphatic carbocycles. The Kier molecular flexibility index (Phi) is 5.74. The lowest BCUT2D eigenvalue weighted by atomic mass is 10.2. The van der Waals surface area contributed by atoms with Gasteiger partial charge in [0.2, 0.25) is 5.91 Å². The van der Waals surface area contributed by atoms with Crippen LogP contribution in [0.25, 0.3) is 10.7 Å². The number of rotatable bonds is 8. The van der Waals surface area contributed by atoms with Crippen molar-refractivity contribution in [1.29, 1.82) is 0 Å². The number of thiophene rings is 1. The van der Waals surface area contributed by atoms with E-state index in [0.29, 0.717) is 13.0 Å². The van der Waals surface area contributed by atoms with Gasteiger partial charge >= 0.3 is 6.03 Å². The molecule has 0 saturated carbocycles. The molecule has 2 aromatic rings. The summed E-state index contributed by atoms with van der Waals surface area (Å²) in [6.45, 7) is 2.09. The highest BCUT2D eigenvalue weighted by molar-refractivity contribution is 7.99. The molecule has 144 valence electrons. The van der Waals surface area contributed by atoms with Crippen molar-refractivity contribution >= 4 is 35.0 Å². The van der Waals surface area contributed by atoms with Crippen LogP contribution in [-0.4, -0.2) is 63.2 Å². The number of nitrogens with one attached hydrogen (secondary N) is 1. The molecule has 2 saturated heterocycles. The smallest absolute Gasteiger partial charge is 0.324 e. The van der Waals surface area contributed by atoms with Crippen LogP contribution in [0.5, 0.6) is 0 Å².